The zero-order chi connectivity index (χ0) is 16.0. The number of rotatable bonds is 6. The minimum atomic E-state index is -0.551. The van der Waals surface area contributed by atoms with Crippen LogP contribution in [-0.4, -0.2) is 55.3 Å². The average molecular weight is 296 g/mol. The molecule has 1 aromatic carbocycles. The number of nitrogens with two attached hydrogens (primary N) is 1. The van der Waals surface area contributed by atoms with E-state index in [1.807, 2.05) is 6.92 Å². The molecule has 2 amide bonds. The van der Waals surface area contributed by atoms with Gasteiger partial charge in [-0.3, -0.25) is 14.5 Å². The minimum Gasteiger partial charge on any atom is -0.399 e. The van der Waals surface area contributed by atoms with Crippen molar-refractivity contribution < 1.29 is 14.0 Å². The van der Waals surface area contributed by atoms with Crippen LogP contribution in [0, 0.1) is 5.82 Å². The summed E-state index contributed by atoms with van der Waals surface area (Å²) in [5.41, 5.74) is 5.95. The van der Waals surface area contributed by atoms with Gasteiger partial charge in [0.1, 0.15) is 5.82 Å². The number of likely N-dealkylation sites (N-methyl/N-ethyl adjacent to an activating group) is 2. The van der Waals surface area contributed by atoms with Gasteiger partial charge in [0.15, 0.2) is 0 Å². The van der Waals surface area contributed by atoms with Gasteiger partial charge < -0.3 is 16.0 Å². The molecule has 0 fully saturated rings. The summed E-state index contributed by atoms with van der Waals surface area (Å²) in [5, 5.41) is 2.46. The smallest absolute Gasteiger partial charge is 0.238 e. The molecule has 0 aliphatic carbocycles. The SMILES string of the molecule is CCN(CC(=O)Nc1cc(N)ccc1F)CC(=O)N(C)C. The Balaban J connectivity index is 2.62. The van der Waals surface area contributed by atoms with E-state index >= 15 is 0 Å². The van der Waals surface area contributed by atoms with E-state index < -0.39 is 11.7 Å². The number of benzene rings is 1. The van der Waals surface area contributed by atoms with Gasteiger partial charge in [0.25, 0.3) is 0 Å². The van der Waals surface area contributed by atoms with Gasteiger partial charge in [0.05, 0.1) is 18.8 Å². The molecule has 0 spiro atoms. The van der Waals surface area contributed by atoms with Crippen LogP contribution in [-0.2, 0) is 9.59 Å². The van der Waals surface area contributed by atoms with Crippen molar-refractivity contribution >= 4 is 23.2 Å². The summed E-state index contributed by atoms with van der Waals surface area (Å²) in [6.45, 7) is 2.52. The fourth-order valence-corrected chi connectivity index (χ4v) is 1.64. The number of hydrogen-bond donors (Lipinski definition) is 2. The molecule has 0 aliphatic rings. The summed E-state index contributed by atoms with van der Waals surface area (Å²) in [4.78, 5) is 26.7. The van der Waals surface area contributed by atoms with Gasteiger partial charge >= 0.3 is 0 Å². The van der Waals surface area contributed by atoms with Gasteiger partial charge in [-0.15, -0.1) is 0 Å². The summed E-state index contributed by atoms with van der Waals surface area (Å²) in [5.74, 6) is -1.04. The van der Waals surface area contributed by atoms with Crippen LogP contribution in [0.15, 0.2) is 18.2 Å². The summed E-state index contributed by atoms with van der Waals surface area (Å²) >= 11 is 0. The lowest BCUT2D eigenvalue weighted by molar-refractivity contribution is -0.130. The van der Waals surface area contributed by atoms with E-state index in [-0.39, 0.29) is 24.7 Å². The topological polar surface area (TPSA) is 78.7 Å². The van der Waals surface area contributed by atoms with Crippen LogP contribution in [0.25, 0.3) is 0 Å². The number of nitrogen functional groups attached to an aromatic ring is 1. The molecular weight excluding hydrogens is 275 g/mol. The van der Waals surface area contributed by atoms with Crippen molar-refractivity contribution in [1.29, 1.82) is 0 Å². The number of anilines is 2. The van der Waals surface area contributed by atoms with Crippen molar-refractivity contribution in [3.63, 3.8) is 0 Å². The molecule has 0 atom stereocenters. The fourth-order valence-electron chi connectivity index (χ4n) is 1.64. The minimum absolute atomic E-state index is 0.00428. The first-order valence-corrected chi connectivity index (χ1v) is 6.60. The monoisotopic (exact) mass is 296 g/mol. The highest BCUT2D eigenvalue weighted by Gasteiger charge is 2.15. The molecule has 116 valence electrons. The number of halogens is 1. The summed E-state index contributed by atoms with van der Waals surface area (Å²) < 4.78 is 13.5. The van der Waals surface area contributed by atoms with Crippen molar-refractivity contribution in [1.82, 2.24) is 9.80 Å². The second kappa shape index (κ2) is 7.58. The normalized spacial score (nSPS) is 10.5. The Morgan fingerprint density at radius 3 is 2.52 bits per heavy atom. The Kier molecular flexibility index (Phi) is 6.10. The Morgan fingerprint density at radius 1 is 1.29 bits per heavy atom. The zero-order valence-electron chi connectivity index (χ0n) is 12.5. The molecule has 3 N–H and O–H groups in total. The maximum Gasteiger partial charge on any atom is 0.238 e. The predicted octanol–water partition coefficient (Wildman–Crippen LogP) is 0.756. The number of carbonyl (C=O) groups excluding carboxylic acids is 2. The fraction of sp³-hybridized carbons (Fsp3) is 0.429. The zero-order valence-corrected chi connectivity index (χ0v) is 12.5. The van der Waals surface area contributed by atoms with Crippen molar-refractivity contribution in [3.05, 3.63) is 24.0 Å². The van der Waals surface area contributed by atoms with E-state index in [0.29, 0.717) is 12.2 Å². The Labute approximate surface area is 123 Å². The molecule has 0 heterocycles. The maximum atomic E-state index is 13.5. The lowest BCUT2D eigenvalue weighted by Crippen LogP contribution is -2.40. The van der Waals surface area contributed by atoms with Gasteiger partial charge in [0.2, 0.25) is 11.8 Å². The number of carbonyl (C=O) groups is 2. The van der Waals surface area contributed by atoms with Crippen molar-refractivity contribution in [2.75, 3.05) is 44.8 Å². The van der Waals surface area contributed by atoms with E-state index in [9.17, 15) is 14.0 Å². The number of nitrogens with one attached hydrogen (secondary N) is 1. The van der Waals surface area contributed by atoms with E-state index in [0.717, 1.165) is 0 Å². The number of nitrogens with zero attached hydrogens (tertiary/aromatic N) is 2. The lowest BCUT2D eigenvalue weighted by atomic mass is 10.2. The molecular formula is C14H21FN4O2. The van der Waals surface area contributed by atoms with Crippen LogP contribution in [0.4, 0.5) is 15.8 Å². The first kappa shape index (κ1) is 16.9. The van der Waals surface area contributed by atoms with Crippen molar-refractivity contribution in [2.24, 2.45) is 0 Å². The Morgan fingerprint density at radius 2 is 1.95 bits per heavy atom. The molecule has 6 nitrogen and oxygen atoms in total. The van der Waals surface area contributed by atoms with Gasteiger partial charge in [-0.1, -0.05) is 6.92 Å². The molecule has 1 rings (SSSR count). The highest BCUT2D eigenvalue weighted by atomic mass is 19.1. The summed E-state index contributed by atoms with van der Waals surface area (Å²) in [6.07, 6.45) is 0. The molecule has 0 unspecified atom stereocenters. The van der Waals surface area contributed by atoms with Gasteiger partial charge in [-0.2, -0.15) is 0 Å². The molecule has 0 bridgehead atoms. The predicted molar refractivity (Wildman–Crippen MR) is 80.3 cm³/mol. The first-order valence-electron chi connectivity index (χ1n) is 6.60. The Bertz CT molecular complexity index is 520. The average Bonchev–Trinajstić information content (AvgIpc) is 2.41. The largest absolute Gasteiger partial charge is 0.399 e. The molecule has 0 saturated carbocycles. The van der Waals surface area contributed by atoms with Gasteiger partial charge in [-0.05, 0) is 24.7 Å². The van der Waals surface area contributed by atoms with Gasteiger partial charge in [0, 0.05) is 19.8 Å². The molecule has 21 heavy (non-hydrogen) atoms. The third-order valence-corrected chi connectivity index (χ3v) is 2.94. The van der Waals surface area contributed by atoms with Crippen LogP contribution in [0.1, 0.15) is 6.92 Å². The van der Waals surface area contributed by atoms with E-state index in [1.54, 1.807) is 19.0 Å². The first-order chi connectivity index (χ1) is 9.83. The van der Waals surface area contributed by atoms with Crippen LogP contribution in [0.2, 0.25) is 0 Å². The quantitative estimate of drug-likeness (QED) is 0.760. The molecule has 0 saturated heterocycles. The molecule has 7 heteroatoms. The van der Waals surface area contributed by atoms with Crippen molar-refractivity contribution in [2.45, 2.75) is 6.92 Å². The third kappa shape index (κ3) is 5.39. The molecule has 0 radical (unpaired) electrons. The van der Waals surface area contributed by atoms with Crippen LogP contribution in [0.5, 0.6) is 0 Å². The second-order valence-electron chi connectivity index (χ2n) is 4.88. The van der Waals surface area contributed by atoms with E-state index in [1.165, 1.54) is 23.1 Å². The van der Waals surface area contributed by atoms with Crippen molar-refractivity contribution in [3.8, 4) is 0 Å². The van der Waals surface area contributed by atoms with Crippen LogP contribution < -0.4 is 11.1 Å². The molecule has 0 aliphatic heterocycles. The van der Waals surface area contributed by atoms with Gasteiger partial charge in [-0.25, -0.2) is 4.39 Å². The summed E-state index contributed by atoms with van der Waals surface area (Å²) in [7, 11) is 3.30. The highest BCUT2D eigenvalue weighted by molar-refractivity contribution is 5.93. The standard InChI is InChI=1S/C14H21FN4O2/c1-4-19(9-14(21)18(2)3)8-13(20)17-12-7-10(16)5-6-11(12)15/h5-7H,4,8-9,16H2,1-3H3,(H,17,20). The number of hydrogen-bond acceptors (Lipinski definition) is 4. The summed E-state index contributed by atoms with van der Waals surface area (Å²) in [6, 6.07) is 3.96. The number of amides is 2. The highest BCUT2D eigenvalue weighted by Crippen LogP contribution is 2.17. The Hall–Kier alpha value is -2.15. The van der Waals surface area contributed by atoms with Crippen LogP contribution >= 0.6 is 0 Å². The maximum absolute atomic E-state index is 13.5. The molecule has 1 aromatic rings. The third-order valence-electron chi connectivity index (χ3n) is 2.94. The van der Waals surface area contributed by atoms with E-state index in [4.69, 9.17) is 5.73 Å². The molecule has 0 aromatic heterocycles. The lowest BCUT2D eigenvalue weighted by Gasteiger charge is -2.21. The van der Waals surface area contributed by atoms with E-state index in [2.05, 4.69) is 5.32 Å². The van der Waals surface area contributed by atoms with Crippen LogP contribution in [0.3, 0.4) is 0 Å². The second-order valence-corrected chi connectivity index (χ2v) is 4.88.